The average molecular weight is 638 g/mol. The van der Waals surface area contributed by atoms with Gasteiger partial charge >= 0.3 is 0 Å². The van der Waals surface area contributed by atoms with Crippen molar-refractivity contribution in [1.29, 1.82) is 0 Å². The standard InChI is InChI=1S/C49H35N/c1-49(2)44-18-8-7-17-42(44)48-45(49)19-10-20-46(48)50(39-15-9-14-37(30-39)38-26-21-32-11-3-4-13-36(32)29-38)40-28-27-34-23-25-35-24-22-33-12-5-6-16-41(33)47(35)43(34)31-40/h3-31H,1-2H3. The average Bonchev–Trinajstić information content (AvgIpc) is 3.41. The van der Waals surface area contributed by atoms with Crippen molar-refractivity contribution in [2.75, 3.05) is 4.90 Å². The highest BCUT2D eigenvalue weighted by Crippen LogP contribution is 2.54. The smallest absolute Gasteiger partial charge is 0.0543 e. The van der Waals surface area contributed by atoms with Gasteiger partial charge in [0.25, 0.3) is 0 Å². The van der Waals surface area contributed by atoms with Gasteiger partial charge in [0.15, 0.2) is 0 Å². The molecule has 236 valence electrons. The summed E-state index contributed by atoms with van der Waals surface area (Å²) in [7, 11) is 0. The maximum Gasteiger partial charge on any atom is 0.0543 e. The molecule has 0 fully saturated rings. The fourth-order valence-corrected chi connectivity index (χ4v) is 8.49. The van der Waals surface area contributed by atoms with Crippen LogP contribution in [0.4, 0.5) is 17.1 Å². The van der Waals surface area contributed by atoms with Crippen LogP contribution < -0.4 is 4.90 Å². The van der Waals surface area contributed by atoms with Crippen molar-refractivity contribution < 1.29 is 0 Å². The highest BCUT2D eigenvalue weighted by Gasteiger charge is 2.37. The molecular weight excluding hydrogens is 603 g/mol. The summed E-state index contributed by atoms with van der Waals surface area (Å²) in [5.41, 5.74) is 11.2. The molecule has 0 saturated heterocycles. The summed E-state index contributed by atoms with van der Waals surface area (Å²) >= 11 is 0. The lowest BCUT2D eigenvalue weighted by molar-refractivity contribution is 0.660. The maximum atomic E-state index is 2.49. The summed E-state index contributed by atoms with van der Waals surface area (Å²) in [6.45, 7) is 4.72. The minimum absolute atomic E-state index is 0.0982. The summed E-state index contributed by atoms with van der Waals surface area (Å²) in [4.78, 5) is 2.49. The molecule has 0 amide bonds. The molecule has 0 aromatic heterocycles. The Bertz CT molecular complexity index is 2800. The molecule has 0 heterocycles. The van der Waals surface area contributed by atoms with Crippen LogP contribution in [0.25, 0.3) is 65.3 Å². The molecule has 1 nitrogen and oxygen atoms in total. The minimum Gasteiger partial charge on any atom is -0.310 e. The lowest BCUT2D eigenvalue weighted by Crippen LogP contribution is -2.16. The Balaban J connectivity index is 1.25. The second kappa shape index (κ2) is 10.9. The topological polar surface area (TPSA) is 3.24 Å². The van der Waals surface area contributed by atoms with Crippen LogP contribution in [-0.4, -0.2) is 0 Å². The van der Waals surface area contributed by atoms with Gasteiger partial charge in [0.05, 0.1) is 5.69 Å². The lowest BCUT2D eigenvalue weighted by atomic mass is 9.82. The van der Waals surface area contributed by atoms with E-state index in [1.807, 2.05) is 0 Å². The third kappa shape index (κ3) is 4.33. The van der Waals surface area contributed by atoms with Gasteiger partial charge in [-0.1, -0.05) is 153 Å². The van der Waals surface area contributed by atoms with Crippen LogP contribution >= 0.6 is 0 Å². The highest BCUT2D eigenvalue weighted by atomic mass is 15.1. The fraction of sp³-hybridized carbons (Fsp3) is 0.0612. The Labute approximate surface area is 292 Å². The molecule has 1 heteroatoms. The van der Waals surface area contributed by atoms with Crippen molar-refractivity contribution in [3.8, 4) is 22.3 Å². The van der Waals surface area contributed by atoms with Crippen molar-refractivity contribution in [3.05, 3.63) is 187 Å². The first-order chi connectivity index (χ1) is 24.5. The van der Waals surface area contributed by atoms with E-state index in [0.717, 1.165) is 11.4 Å². The molecule has 0 spiro atoms. The molecule has 10 rings (SSSR count). The summed E-state index contributed by atoms with van der Waals surface area (Å²) in [6, 6.07) is 65.1. The van der Waals surface area contributed by atoms with Gasteiger partial charge in [-0.25, -0.2) is 0 Å². The van der Waals surface area contributed by atoms with E-state index in [0.29, 0.717) is 0 Å². The summed E-state index contributed by atoms with van der Waals surface area (Å²) in [6.07, 6.45) is 0. The van der Waals surface area contributed by atoms with Gasteiger partial charge in [-0.05, 0) is 107 Å². The van der Waals surface area contributed by atoms with Crippen molar-refractivity contribution in [1.82, 2.24) is 0 Å². The van der Waals surface area contributed by atoms with E-state index in [4.69, 9.17) is 0 Å². The second-order valence-corrected chi connectivity index (χ2v) is 14.2. The molecule has 9 aromatic carbocycles. The highest BCUT2D eigenvalue weighted by molar-refractivity contribution is 6.20. The molecule has 0 aliphatic heterocycles. The van der Waals surface area contributed by atoms with Crippen LogP contribution in [0.15, 0.2) is 176 Å². The number of hydrogen-bond acceptors (Lipinski definition) is 1. The van der Waals surface area contributed by atoms with Crippen LogP contribution in [-0.2, 0) is 5.41 Å². The Morgan fingerprint density at radius 3 is 1.90 bits per heavy atom. The summed E-state index contributed by atoms with van der Waals surface area (Å²) in [5, 5.41) is 10.1. The first kappa shape index (κ1) is 28.8. The second-order valence-electron chi connectivity index (χ2n) is 14.2. The van der Waals surface area contributed by atoms with Gasteiger partial charge < -0.3 is 4.90 Å². The third-order valence-corrected chi connectivity index (χ3v) is 11.0. The molecule has 1 aliphatic rings. The van der Waals surface area contributed by atoms with Gasteiger partial charge in [0.1, 0.15) is 0 Å². The van der Waals surface area contributed by atoms with Gasteiger partial charge in [-0.15, -0.1) is 0 Å². The summed E-state index contributed by atoms with van der Waals surface area (Å²) in [5.74, 6) is 0. The van der Waals surface area contributed by atoms with Gasteiger partial charge in [-0.3, -0.25) is 0 Å². The van der Waals surface area contributed by atoms with Crippen LogP contribution in [0.5, 0.6) is 0 Å². The molecule has 0 atom stereocenters. The molecule has 0 saturated carbocycles. The largest absolute Gasteiger partial charge is 0.310 e. The van der Waals surface area contributed by atoms with E-state index in [1.54, 1.807) is 0 Å². The molecule has 0 N–H and O–H groups in total. The molecular formula is C49H35N. The van der Waals surface area contributed by atoms with E-state index in [-0.39, 0.29) is 5.41 Å². The first-order valence-corrected chi connectivity index (χ1v) is 17.5. The van der Waals surface area contributed by atoms with Gasteiger partial charge in [0.2, 0.25) is 0 Å². The Morgan fingerprint density at radius 1 is 0.400 bits per heavy atom. The number of hydrogen-bond donors (Lipinski definition) is 0. The van der Waals surface area contributed by atoms with Crippen LogP contribution in [0.1, 0.15) is 25.0 Å². The number of rotatable bonds is 4. The van der Waals surface area contributed by atoms with Crippen molar-refractivity contribution in [3.63, 3.8) is 0 Å². The molecule has 0 radical (unpaired) electrons. The van der Waals surface area contributed by atoms with Crippen molar-refractivity contribution in [2.45, 2.75) is 19.3 Å². The zero-order chi connectivity index (χ0) is 33.4. The Morgan fingerprint density at radius 2 is 1.02 bits per heavy atom. The quantitative estimate of drug-likeness (QED) is 0.174. The predicted octanol–water partition coefficient (Wildman–Crippen LogP) is 13.7. The predicted molar refractivity (Wildman–Crippen MR) is 214 cm³/mol. The Hall–Kier alpha value is -6.18. The maximum absolute atomic E-state index is 2.49. The van der Waals surface area contributed by atoms with Gasteiger partial charge in [0, 0.05) is 22.4 Å². The lowest BCUT2D eigenvalue weighted by Gasteiger charge is -2.29. The normalized spacial score (nSPS) is 13.2. The molecule has 9 aromatic rings. The van der Waals surface area contributed by atoms with Crippen LogP contribution in [0.2, 0.25) is 0 Å². The van der Waals surface area contributed by atoms with Crippen LogP contribution in [0.3, 0.4) is 0 Å². The number of fused-ring (bicyclic) bond motifs is 9. The SMILES string of the molecule is CC1(C)c2ccccc2-c2c(N(c3cccc(-c4ccc5ccccc5c4)c3)c3ccc4ccc5ccc6ccccc6c5c4c3)cccc21. The molecule has 1 aliphatic carbocycles. The fourth-order valence-electron chi connectivity index (χ4n) is 8.49. The molecule has 0 bridgehead atoms. The number of benzene rings is 9. The number of nitrogens with zero attached hydrogens (tertiary/aromatic N) is 1. The zero-order valence-electron chi connectivity index (χ0n) is 28.2. The monoisotopic (exact) mass is 637 g/mol. The van der Waals surface area contributed by atoms with E-state index in [2.05, 4.69) is 195 Å². The minimum atomic E-state index is -0.0982. The van der Waals surface area contributed by atoms with E-state index in [9.17, 15) is 0 Å². The van der Waals surface area contributed by atoms with Crippen molar-refractivity contribution in [2.24, 2.45) is 0 Å². The first-order valence-electron chi connectivity index (χ1n) is 17.5. The van der Waals surface area contributed by atoms with E-state index < -0.39 is 0 Å². The van der Waals surface area contributed by atoms with E-state index >= 15 is 0 Å². The van der Waals surface area contributed by atoms with Gasteiger partial charge in [-0.2, -0.15) is 0 Å². The third-order valence-electron chi connectivity index (χ3n) is 11.0. The number of anilines is 3. The molecule has 50 heavy (non-hydrogen) atoms. The van der Waals surface area contributed by atoms with Crippen LogP contribution in [0, 0.1) is 0 Å². The Kier molecular flexibility index (Phi) is 6.29. The van der Waals surface area contributed by atoms with E-state index in [1.165, 1.54) is 82.2 Å². The molecule has 0 unspecified atom stereocenters. The summed E-state index contributed by atoms with van der Waals surface area (Å²) < 4.78 is 0. The van der Waals surface area contributed by atoms with Crippen molar-refractivity contribution >= 4 is 60.2 Å². The zero-order valence-corrected chi connectivity index (χ0v) is 28.2.